The van der Waals surface area contributed by atoms with Crippen molar-refractivity contribution in [2.24, 2.45) is 0 Å². The van der Waals surface area contributed by atoms with Crippen LogP contribution in [0.1, 0.15) is 35.9 Å². The molecule has 1 aliphatic rings. The molecule has 5 heteroatoms. The zero-order valence-corrected chi connectivity index (χ0v) is 14.2. The summed E-state index contributed by atoms with van der Waals surface area (Å²) in [6.45, 7) is 0.840. The van der Waals surface area contributed by atoms with Crippen molar-refractivity contribution in [1.29, 1.82) is 0 Å². The number of likely N-dealkylation sites (tertiary alicyclic amines) is 1. The molecule has 4 nitrogen and oxygen atoms in total. The van der Waals surface area contributed by atoms with Crippen LogP contribution in [0.3, 0.4) is 0 Å². The van der Waals surface area contributed by atoms with Crippen LogP contribution in [-0.4, -0.2) is 27.3 Å². The van der Waals surface area contributed by atoms with Crippen molar-refractivity contribution in [2.45, 2.75) is 31.7 Å². The average Bonchev–Trinajstić information content (AvgIpc) is 3.26. The Balaban J connectivity index is 1.48. The van der Waals surface area contributed by atoms with Crippen LogP contribution in [0.4, 0.5) is 0 Å². The fourth-order valence-corrected chi connectivity index (χ4v) is 4.41. The van der Waals surface area contributed by atoms with E-state index in [1.54, 1.807) is 17.5 Å². The lowest BCUT2D eigenvalue weighted by Gasteiger charge is -2.23. The third-order valence-corrected chi connectivity index (χ3v) is 5.66. The van der Waals surface area contributed by atoms with Crippen LogP contribution in [-0.2, 0) is 11.2 Å². The predicted molar refractivity (Wildman–Crippen MR) is 95.9 cm³/mol. The van der Waals surface area contributed by atoms with Crippen molar-refractivity contribution >= 4 is 27.5 Å². The molecule has 1 unspecified atom stereocenters. The van der Waals surface area contributed by atoms with E-state index in [0.29, 0.717) is 6.42 Å². The van der Waals surface area contributed by atoms with Gasteiger partial charge in [-0.1, -0.05) is 18.2 Å². The molecule has 3 aromatic rings. The van der Waals surface area contributed by atoms with Crippen molar-refractivity contribution in [3.63, 3.8) is 0 Å². The normalized spacial score (nSPS) is 17.5. The number of thiazole rings is 1. The predicted octanol–water partition coefficient (Wildman–Crippen LogP) is 3.99. The van der Waals surface area contributed by atoms with Crippen LogP contribution in [0.2, 0.25) is 0 Å². The first-order valence-corrected chi connectivity index (χ1v) is 9.17. The fraction of sp³-hybridized carbons (Fsp3) is 0.316. The van der Waals surface area contributed by atoms with Gasteiger partial charge in [-0.05, 0) is 43.0 Å². The fourth-order valence-electron chi connectivity index (χ4n) is 3.30. The summed E-state index contributed by atoms with van der Waals surface area (Å²) in [7, 11) is 0. The van der Waals surface area contributed by atoms with E-state index >= 15 is 0 Å². The molecule has 1 saturated heterocycles. The molecule has 0 spiro atoms. The Hall–Kier alpha value is -2.27. The number of fused-ring (bicyclic) bond motifs is 1. The summed E-state index contributed by atoms with van der Waals surface area (Å²) in [6, 6.07) is 12.3. The largest absolute Gasteiger partial charge is 0.333 e. The molecule has 0 aliphatic carbocycles. The van der Waals surface area contributed by atoms with Crippen molar-refractivity contribution in [2.75, 3.05) is 6.54 Å². The molecule has 1 aromatic carbocycles. The minimum Gasteiger partial charge on any atom is -0.333 e. The molecular formula is C19H19N3OS. The molecule has 2 aromatic heterocycles. The van der Waals surface area contributed by atoms with Gasteiger partial charge in [0.25, 0.3) is 0 Å². The SMILES string of the molecule is O=C(CCc1cccnc1)N1CCCC1c1nc2ccccc2s1. The monoisotopic (exact) mass is 337 g/mol. The number of carbonyl (C=O) groups excluding carboxylic acids is 1. The van der Waals surface area contributed by atoms with Crippen LogP contribution in [0.5, 0.6) is 0 Å². The van der Waals surface area contributed by atoms with E-state index in [2.05, 4.69) is 11.1 Å². The van der Waals surface area contributed by atoms with Gasteiger partial charge in [0, 0.05) is 25.4 Å². The summed E-state index contributed by atoms with van der Waals surface area (Å²) in [4.78, 5) is 23.6. The van der Waals surface area contributed by atoms with E-state index in [0.717, 1.165) is 41.9 Å². The highest BCUT2D eigenvalue weighted by molar-refractivity contribution is 7.18. The van der Waals surface area contributed by atoms with E-state index < -0.39 is 0 Å². The summed E-state index contributed by atoms with van der Waals surface area (Å²) in [5.41, 5.74) is 2.15. The summed E-state index contributed by atoms with van der Waals surface area (Å²) in [5.74, 6) is 0.223. The Bertz CT molecular complexity index is 813. The molecule has 0 N–H and O–H groups in total. The van der Waals surface area contributed by atoms with Gasteiger partial charge in [-0.15, -0.1) is 11.3 Å². The van der Waals surface area contributed by atoms with Gasteiger partial charge in [0.1, 0.15) is 5.01 Å². The van der Waals surface area contributed by atoms with Gasteiger partial charge in [0.15, 0.2) is 0 Å². The van der Waals surface area contributed by atoms with Gasteiger partial charge in [-0.25, -0.2) is 4.98 Å². The number of nitrogens with zero attached hydrogens (tertiary/aromatic N) is 3. The first-order chi connectivity index (χ1) is 11.8. The molecule has 1 aliphatic heterocycles. The zero-order chi connectivity index (χ0) is 16.4. The lowest BCUT2D eigenvalue weighted by Crippen LogP contribution is -2.30. The number of para-hydroxylation sites is 1. The zero-order valence-electron chi connectivity index (χ0n) is 13.4. The molecule has 1 atom stereocenters. The number of hydrogen-bond donors (Lipinski definition) is 0. The smallest absolute Gasteiger partial charge is 0.223 e. The van der Waals surface area contributed by atoms with Crippen LogP contribution >= 0.6 is 11.3 Å². The van der Waals surface area contributed by atoms with Gasteiger partial charge in [0.2, 0.25) is 5.91 Å². The highest BCUT2D eigenvalue weighted by Crippen LogP contribution is 2.36. The standard InChI is InChI=1S/C19H19N3OS/c23-18(10-9-14-5-3-11-20-13-14)22-12-4-7-16(22)19-21-15-6-1-2-8-17(15)24-19/h1-3,5-6,8,11,13,16H,4,7,9-10,12H2. The number of carbonyl (C=O) groups is 1. The lowest BCUT2D eigenvalue weighted by molar-refractivity contribution is -0.132. The van der Waals surface area contributed by atoms with Crippen LogP contribution < -0.4 is 0 Å². The first kappa shape index (κ1) is 15.3. The summed E-state index contributed by atoms with van der Waals surface area (Å²) in [5, 5.41) is 1.07. The molecule has 0 saturated carbocycles. The van der Waals surface area contributed by atoms with Crippen molar-refractivity contribution in [3.8, 4) is 0 Å². The van der Waals surface area contributed by atoms with E-state index in [1.807, 2.05) is 41.4 Å². The number of aryl methyl sites for hydroxylation is 1. The van der Waals surface area contributed by atoms with Crippen molar-refractivity contribution in [3.05, 3.63) is 59.4 Å². The number of benzene rings is 1. The molecular weight excluding hydrogens is 318 g/mol. The Kier molecular flexibility index (Phi) is 4.26. The second-order valence-corrected chi connectivity index (χ2v) is 7.19. The van der Waals surface area contributed by atoms with Gasteiger partial charge in [0.05, 0.1) is 16.3 Å². The second-order valence-electron chi connectivity index (χ2n) is 6.13. The number of rotatable bonds is 4. The second kappa shape index (κ2) is 6.69. The van der Waals surface area contributed by atoms with Crippen LogP contribution in [0.15, 0.2) is 48.8 Å². The summed E-state index contributed by atoms with van der Waals surface area (Å²) < 4.78 is 1.20. The summed E-state index contributed by atoms with van der Waals surface area (Å²) in [6.07, 6.45) is 6.94. The number of hydrogen-bond acceptors (Lipinski definition) is 4. The van der Waals surface area contributed by atoms with Crippen molar-refractivity contribution in [1.82, 2.24) is 14.9 Å². The Labute approximate surface area is 145 Å². The number of pyridine rings is 1. The quantitative estimate of drug-likeness (QED) is 0.723. The van der Waals surface area contributed by atoms with Gasteiger partial charge in [-0.2, -0.15) is 0 Å². The van der Waals surface area contributed by atoms with Gasteiger partial charge >= 0.3 is 0 Å². The molecule has 1 amide bonds. The molecule has 0 radical (unpaired) electrons. The first-order valence-electron chi connectivity index (χ1n) is 8.35. The Morgan fingerprint density at radius 3 is 3.00 bits per heavy atom. The maximum atomic E-state index is 12.7. The minimum absolute atomic E-state index is 0.142. The third-order valence-electron chi connectivity index (χ3n) is 4.52. The molecule has 4 rings (SSSR count). The molecule has 122 valence electrons. The number of aromatic nitrogens is 2. The van der Waals surface area contributed by atoms with E-state index in [9.17, 15) is 4.79 Å². The Morgan fingerprint density at radius 1 is 1.25 bits per heavy atom. The van der Waals surface area contributed by atoms with Gasteiger partial charge < -0.3 is 4.90 Å². The molecule has 24 heavy (non-hydrogen) atoms. The van der Waals surface area contributed by atoms with Gasteiger partial charge in [-0.3, -0.25) is 9.78 Å². The number of amides is 1. The highest BCUT2D eigenvalue weighted by atomic mass is 32.1. The molecule has 0 bridgehead atoms. The Morgan fingerprint density at radius 2 is 2.17 bits per heavy atom. The van der Waals surface area contributed by atoms with Crippen molar-refractivity contribution < 1.29 is 4.79 Å². The highest BCUT2D eigenvalue weighted by Gasteiger charge is 2.31. The topological polar surface area (TPSA) is 46.1 Å². The minimum atomic E-state index is 0.142. The van der Waals surface area contributed by atoms with Crippen LogP contribution in [0.25, 0.3) is 10.2 Å². The maximum Gasteiger partial charge on any atom is 0.223 e. The molecule has 1 fully saturated rings. The lowest BCUT2D eigenvalue weighted by atomic mass is 10.1. The molecule has 3 heterocycles. The van der Waals surface area contributed by atoms with E-state index in [1.165, 1.54) is 4.70 Å². The van der Waals surface area contributed by atoms with E-state index in [4.69, 9.17) is 4.98 Å². The maximum absolute atomic E-state index is 12.7. The third kappa shape index (κ3) is 3.04. The van der Waals surface area contributed by atoms with Crippen LogP contribution in [0, 0.1) is 0 Å². The average molecular weight is 337 g/mol. The summed E-state index contributed by atoms with van der Waals surface area (Å²) >= 11 is 1.72. The van der Waals surface area contributed by atoms with E-state index in [-0.39, 0.29) is 11.9 Å².